The average Bonchev–Trinajstić information content (AvgIpc) is 4.29. The van der Waals surface area contributed by atoms with Crippen LogP contribution in [0.5, 0.6) is 0 Å². The number of anilines is 3. The Kier molecular flexibility index (Phi) is 14.4. The monoisotopic (exact) mass is 1030 g/mol. The Balaban J connectivity index is 0.000000120. The minimum Gasteiger partial charge on any atom is -0.456 e. The molecule has 28 nitrogen and oxygen atoms in total. The largest absolute Gasteiger partial charge is 0.456 e. The van der Waals surface area contributed by atoms with E-state index < -0.39 is 61.0 Å². The normalized spacial score (nSPS) is 24.3. The van der Waals surface area contributed by atoms with Gasteiger partial charge in [-0.3, -0.25) is 18.7 Å². The van der Waals surface area contributed by atoms with Crippen molar-refractivity contribution in [3.63, 3.8) is 0 Å². The van der Waals surface area contributed by atoms with Gasteiger partial charge < -0.3 is 60.2 Å². The first-order valence-electron chi connectivity index (χ1n) is 23.7. The number of fused-ring (bicyclic) bond motifs is 4. The summed E-state index contributed by atoms with van der Waals surface area (Å²) in [6, 6.07) is 1.44. The number of imidazole rings is 4. The second kappa shape index (κ2) is 21.4. The van der Waals surface area contributed by atoms with Crippen LogP contribution in [-0.4, -0.2) is 168 Å². The van der Waals surface area contributed by atoms with E-state index in [1.165, 1.54) is 64.7 Å². The average molecular weight is 1030 g/mol. The molecule has 384 valence electrons. The SMILES string of the molecule is CC[C@H]1O[C@@H](n2cnc3c(NC4CC4)ncnc32)C(OC(C)=O)[C@@H]1OC(C)=O.Clc1ncnc2nc[nH]c12.OC[C@H]1O[C@@H](n2cnc3c(NC4CC4)ncnc32)C(O)[C@@H]1O.c1nc(NC2CC2)c2[nH]cnc2n1. The van der Waals surface area contributed by atoms with E-state index in [-0.39, 0.29) is 6.61 Å². The Morgan fingerprint density at radius 3 is 1.63 bits per heavy atom. The van der Waals surface area contributed by atoms with Crippen molar-refractivity contribution >= 4 is 85.6 Å². The maximum atomic E-state index is 11.7. The lowest BCUT2D eigenvalue weighted by Gasteiger charge is -2.23. The second-order valence-corrected chi connectivity index (χ2v) is 18.1. The molecule has 2 saturated heterocycles. The van der Waals surface area contributed by atoms with Gasteiger partial charge in [0, 0.05) is 32.0 Å². The summed E-state index contributed by atoms with van der Waals surface area (Å²) in [4.78, 5) is 78.7. The number of hydrogen-bond acceptors (Lipinski definition) is 24. The van der Waals surface area contributed by atoms with Crippen LogP contribution in [0.25, 0.3) is 44.7 Å². The topological polar surface area (TPSA) is 364 Å². The Morgan fingerprint density at radius 1 is 0.630 bits per heavy atom. The van der Waals surface area contributed by atoms with E-state index >= 15 is 0 Å². The Bertz CT molecular complexity index is 3200. The summed E-state index contributed by atoms with van der Waals surface area (Å²) in [5, 5.41) is 39.5. The maximum absolute atomic E-state index is 11.7. The van der Waals surface area contributed by atoms with Crippen LogP contribution in [0.3, 0.4) is 0 Å². The molecule has 0 aromatic carbocycles. The molecular weight excluding hydrogens is 974 g/mol. The molecular formula is C44H52ClN19O9. The van der Waals surface area contributed by atoms with Crippen molar-refractivity contribution in [3.8, 4) is 0 Å². The van der Waals surface area contributed by atoms with Crippen LogP contribution in [0.1, 0.15) is 78.2 Å². The van der Waals surface area contributed by atoms with Crippen molar-refractivity contribution < 1.29 is 43.9 Å². The molecule has 0 bridgehead atoms. The van der Waals surface area contributed by atoms with E-state index in [0.29, 0.717) is 74.8 Å². The molecule has 29 heteroatoms. The summed E-state index contributed by atoms with van der Waals surface area (Å²) in [5.41, 5.74) is 5.17. The molecule has 5 fully saturated rings. The van der Waals surface area contributed by atoms with Gasteiger partial charge in [0.25, 0.3) is 0 Å². The maximum Gasteiger partial charge on any atom is 0.303 e. The van der Waals surface area contributed by atoms with Gasteiger partial charge in [-0.05, 0) is 44.9 Å². The van der Waals surface area contributed by atoms with Gasteiger partial charge in [0.1, 0.15) is 60.8 Å². The predicted molar refractivity (Wildman–Crippen MR) is 257 cm³/mol. The predicted octanol–water partition coefficient (Wildman–Crippen LogP) is 2.52. The molecule has 10 heterocycles. The highest BCUT2D eigenvalue weighted by atomic mass is 35.5. The number of aliphatic hydroxyl groups excluding tert-OH is 3. The number of hydrogen-bond donors (Lipinski definition) is 8. The number of aromatic nitrogens is 16. The highest BCUT2D eigenvalue weighted by molar-refractivity contribution is 6.33. The summed E-state index contributed by atoms with van der Waals surface area (Å²) >= 11 is 5.68. The van der Waals surface area contributed by atoms with Crippen molar-refractivity contribution in [2.24, 2.45) is 0 Å². The van der Waals surface area contributed by atoms with Crippen molar-refractivity contribution in [2.75, 3.05) is 22.6 Å². The quantitative estimate of drug-likeness (QED) is 0.0643. The Hall–Kier alpha value is -7.37. The van der Waals surface area contributed by atoms with Crippen molar-refractivity contribution in [1.82, 2.24) is 78.9 Å². The van der Waals surface area contributed by atoms with E-state index in [9.17, 15) is 24.9 Å². The molecule has 3 saturated carbocycles. The molecule has 2 aliphatic heterocycles. The molecule has 8 aromatic heterocycles. The van der Waals surface area contributed by atoms with Gasteiger partial charge in [-0.1, -0.05) is 18.5 Å². The number of ether oxygens (including phenoxy) is 4. The number of carbonyl (C=O) groups is 2. The zero-order valence-electron chi connectivity index (χ0n) is 39.6. The molecule has 73 heavy (non-hydrogen) atoms. The fraction of sp³-hybridized carbons (Fsp3) is 0.500. The first-order chi connectivity index (χ1) is 35.5. The number of nitrogens with one attached hydrogen (secondary N) is 5. The third kappa shape index (κ3) is 11.0. The summed E-state index contributed by atoms with van der Waals surface area (Å²) < 4.78 is 25.8. The van der Waals surface area contributed by atoms with Crippen LogP contribution in [-0.2, 0) is 28.5 Å². The molecule has 8 N–H and O–H groups in total. The standard InChI is InChI=1S/C18H23N5O5.C13H17N5O4.C8H9N5.C5H3ClN4/c1-4-12-14(26-9(2)24)15(27-10(3)25)18(28-12)23-8-21-13-16(22-11-5-6-11)19-7-20-17(13)23;19-3-7-9(20)10(21)13(22-7)18-5-16-8-11(17-6-1-2-6)14-4-15-12(8)18;1-2-5(1)13-8-6-7(10-3-9-6)11-4-12-8;6-4-3-5(9-1-7-3)10-2-8-4/h7-8,11-12,14-15,18H,4-6H2,1-3H3,(H,19,20,22);4-7,9-10,13,19-21H,1-3H2,(H,14,15,17);3-5H,1-2H2,(H2,9,10,11,12,13);1-2H,(H,7,8,9,10)/t12-,14-,15?,18-;7-,9-,10?,13-;;/m11../s1. The highest BCUT2D eigenvalue weighted by Crippen LogP contribution is 2.38. The number of aromatic amines is 2. The van der Waals surface area contributed by atoms with Gasteiger partial charge in [0.15, 0.2) is 80.9 Å². The van der Waals surface area contributed by atoms with Gasteiger partial charge in [-0.15, -0.1) is 0 Å². The molecule has 5 aliphatic rings. The number of H-pyrrole nitrogens is 2. The number of carbonyl (C=O) groups excluding carboxylic acids is 2. The minimum absolute atomic E-state index is 0.370. The second-order valence-electron chi connectivity index (χ2n) is 17.8. The van der Waals surface area contributed by atoms with E-state index in [2.05, 4.69) is 85.7 Å². The van der Waals surface area contributed by atoms with E-state index in [4.69, 9.17) is 30.5 Å². The number of aliphatic hydroxyl groups is 3. The summed E-state index contributed by atoms with van der Waals surface area (Å²) in [7, 11) is 0. The van der Waals surface area contributed by atoms with Crippen LogP contribution in [0.2, 0.25) is 5.15 Å². The van der Waals surface area contributed by atoms with Gasteiger partial charge >= 0.3 is 11.9 Å². The molecule has 8 aromatic rings. The van der Waals surface area contributed by atoms with Crippen molar-refractivity contribution in [3.05, 3.63) is 55.8 Å². The number of esters is 2. The Labute approximate surface area is 418 Å². The number of rotatable bonds is 12. The van der Waals surface area contributed by atoms with E-state index in [1.807, 2.05) is 6.92 Å². The van der Waals surface area contributed by atoms with Gasteiger partial charge in [0.05, 0.1) is 31.9 Å². The molecule has 0 radical (unpaired) electrons. The minimum atomic E-state index is -1.16. The Morgan fingerprint density at radius 2 is 1.11 bits per heavy atom. The highest BCUT2D eigenvalue weighted by Gasteiger charge is 2.50. The zero-order valence-corrected chi connectivity index (χ0v) is 40.3. The fourth-order valence-electron chi connectivity index (χ4n) is 8.18. The number of halogens is 1. The van der Waals surface area contributed by atoms with Gasteiger partial charge in [-0.25, -0.2) is 59.8 Å². The smallest absolute Gasteiger partial charge is 0.303 e. The molecule has 2 unspecified atom stereocenters. The summed E-state index contributed by atoms with van der Waals surface area (Å²) in [6.45, 7) is 4.18. The van der Waals surface area contributed by atoms with Crippen molar-refractivity contribution in [2.45, 2.75) is 133 Å². The molecule has 0 spiro atoms. The van der Waals surface area contributed by atoms with Crippen LogP contribution in [0.15, 0.2) is 50.6 Å². The third-order valence-electron chi connectivity index (χ3n) is 12.2. The first-order valence-corrected chi connectivity index (χ1v) is 24.1. The van der Waals surface area contributed by atoms with E-state index in [1.54, 1.807) is 21.8 Å². The van der Waals surface area contributed by atoms with Crippen molar-refractivity contribution in [1.29, 1.82) is 0 Å². The lowest BCUT2D eigenvalue weighted by Crippen LogP contribution is -2.38. The van der Waals surface area contributed by atoms with Gasteiger partial charge in [-0.2, -0.15) is 0 Å². The zero-order chi connectivity index (χ0) is 50.8. The summed E-state index contributed by atoms with van der Waals surface area (Å²) in [6.07, 6.45) is 12.9. The third-order valence-corrected chi connectivity index (χ3v) is 12.5. The lowest BCUT2D eigenvalue weighted by atomic mass is 10.1. The van der Waals surface area contributed by atoms with Gasteiger partial charge in [0.2, 0.25) is 0 Å². The fourth-order valence-corrected chi connectivity index (χ4v) is 8.36. The lowest BCUT2D eigenvalue weighted by molar-refractivity contribution is -0.165. The molecule has 3 aliphatic carbocycles. The first kappa shape index (κ1) is 49.2. The van der Waals surface area contributed by atoms with Crippen LogP contribution in [0, 0.1) is 0 Å². The van der Waals surface area contributed by atoms with Crippen LogP contribution >= 0.6 is 11.6 Å². The van der Waals surface area contributed by atoms with Crippen LogP contribution in [0.4, 0.5) is 17.5 Å². The number of nitrogens with zero attached hydrogens (tertiary/aromatic N) is 14. The molecule has 0 amide bonds. The van der Waals surface area contributed by atoms with E-state index in [0.717, 1.165) is 42.7 Å². The molecule has 8 atom stereocenters. The molecule has 13 rings (SSSR count). The van der Waals surface area contributed by atoms with Crippen LogP contribution < -0.4 is 16.0 Å². The summed E-state index contributed by atoms with van der Waals surface area (Å²) in [5.74, 6) is 1.24.